The Morgan fingerprint density at radius 3 is 3.00 bits per heavy atom. The van der Waals surface area contributed by atoms with Crippen molar-refractivity contribution in [2.45, 2.75) is 32.3 Å². The van der Waals surface area contributed by atoms with E-state index in [4.69, 9.17) is 9.47 Å². The van der Waals surface area contributed by atoms with Crippen molar-refractivity contribution in [1.29, 1.82) is 0 Å². The largest absolute Gasteiger partial charge is 0.477 e. The molecule has 1 spiro atoms. The second-order valence-corrected chi connectivity index (χ2v) is 6.73. The van der Waals surface area contributed by atoms with E-state index in [0.717, 1.165) is 13.0 Å². The average Bonchev–Trinajstić information content (AvgIpc) is 2.87. The summed E-state index contributed by atoms with van der Waals surface area (Å²) in [6, 6.07) is 5.65. The zero-order chi connectivity index (χ0) is 15.6. The van der Waals surface area contributed by atoms with Crippen molar-refractivity contribution in [3.05, 3.63) is 24.4 Å². The van der Waals surface area contributed by atoms with E-state index < -0.39 is 0 Å². The molecule has 5 heteroatoms. The van der Waals surface area contributed by atoms with Gasteiger partial charge in [0.1, 0.15) is 5.60 Å². The maximum atomic E-state index is 12.1. The van der Waals surface area contributed by atoms with Crippen LogP contribution >= 0.6 is 0 Å². The molecule has 1 aromatic heterocycles. The van der Waals surface area contributed by atoms with Crippen LogP contribution in [0.15, 0.2) is 24.4 Å². The molecule has 0 N–H and O–H groups in total. The first kappa shape index (κ1) is 15.3. The van der Waals surface area contributed by atoms with Crippen LogP contribution in [-0.2, 0) is 9.53 Å². The normalized spacial score (nSPS) is 22.9. The van der Waals surface area contributed by atoms with E-state index in [1.807, 2.05) is 23.1 Å². The Morgan fingerprint density at radius 1 is 1.50 bits per heavy atom. The first-order valence-corrected chi connectivity index (χ1v) is 8.05. The molecule has 0 unspecified atom stereocenters. The number of hydrogen-bond acceptors (Lipinski definition) is 4. The molecule has 1 atom stereocenters. The highest BCUT2D eigenvalue weighted by atomic mass is 16.5. The summed E-state index contributed by atoms with van der Waals surface area (Å²) in [6.45, 7) is 6.90. The summed E-state index contributed by atoms with van der Waals surface area (Å²) in [5.41, 5.74) is -0.193. The van der Waals surface area contributed by atoms with Crippen molar-refractivity contribution in [2.24, 2.45) is 11.8 Å². The lowest BCUT2D eigenvalue weighted by atomic mass is 9.81. The minimum absolute atomic E-state index is 0.193. The van der Waals surface area contributed by atoms with Crippen LogP contribution in [0.25, 0.3) is 0 Å². The lowest BCUT2D eigenvalue weighted by molar-refractivity contribution is -0.167. The molecule has 3 heterocycles. The monoisotopic (exact) mass is 304 g/mol. The van der Waals surface area contributed by atoms with Gasteiger partial charge in [0, 0.05) is 31.2 Å². The van der Waals surface area contributed by atoms with Crippen molar-refractivity contribution in [3.8, 4) is 5.88 Å². The number of pyridine rings is 1. The maximum absolute atomic E-state index is 12.1. The molecule has 2 aliphatic heterocycles. The fourth-order valence-electron chi connectivity index (χ4n) is 3.24. The molecular formula is C17H24N2O3. The van der Waals surface area contributed by atoms with Crippen LogP contribution in [0.3, 0.4) is 0 Å². The number of hydrogen-bond donors (Lipinski definition) is 0. The molecule has 2 aliphatic rings. The van der Waals surface area contributed by atoms with Gasteiger partial charge < -0.3 is 14.4 Å². The number of carbonyl (C=O) groups is 1. The summed E-state index contributed by atoms with van der Waals surface area (Å²) in [5.74, 6) is 1.62. The Bertz CT molecular complexity index is 512. The number of nitrogens with zero attached hydrogens (tertiary/aromatic N) is 2. The molecule has 0 aromatic carbocycles. The highest BCUT2D eigenvalue weighted by molar-refractivity contribution is 5.77. The first-order valence-electron chi connectivity index (χ1n) is 8.05. The molecule has 3 rings (SSSR count). The van der Waals surface area contributed by atoms with E-state index in [1.54, 1.807) is 6.20 Å². The standard InChI is InChI=1S/C17H24N2O3/c1-13(2)9-16(20)19-11-17(12-19)14(6-8-22-17)10-21-15-5-3-4-7-18-15/h3-5,7,13-14H,6,8-12H2,1-2H3/t14-/m1/s1. The Kier molecular flexibility index (Phi) is 4.34. The molecule has 2 saturated heterocycles. The lowest BCUT2D eigenvalue weighted by Crippen LogP contribution is -2.66. The predicted molar refractivity (Wildman–Crippen MR) is 82.6 cm³/mol. The van der Waals surface area contributed by atoms with Gasteiger partial charge in [-0.3, -0.25) is 4.79 Å². The van der Waals surface area contributed by atoms with Gasteiger partial charge in [-0.2, -0.15) is 0 Å². The van der Waals surface area contributed by atoms with Gasteiger partial charge in [0.2, 0.25) is 11.8 Å². The Morgan fingerprint density at radius 2 is 2.32 bits per heavy atom. The molecule has 5 nitrogen and oxygen atoms in total. The van der Waals surface area contributed by atoms with E-state index in [-0.39, 0.29) is 11.5 Å². The van der Waals surface area contributed by atoms with E-state index in [9.17, 15) is 4.79 Å². The zero-order valence-corrected chi connectivity index (χ0v) is 13.3. The SMILES string of the molecule is CC(C)CC(=O)N1CC2(C1)OCC[C@@H]2COc1ccccn1. The molecule has 0 bridgehead atoms. The highest BCUT2D eigenvalue weighted by Crippen LogP contribution is 2.40. The van der Waals surface area contributed by atoms with Crippen LogP contribution in [0, 0.1) is 11.8 Å². The minimum atomic E-state index is -0.193. The van der Waals surface area contributed by atoms with Gasteiger partial charge in [0.05, 0.1) is 19.7 Å². The predicted octanol–water partition coefficient (Wildman–Crippen LogP) is 2.12. The third-order valence-electron chi connectivity index (χ3n) is 4.52. The van der Waals surface area contributed by atoms with Gasteiger partial charge in [0.25, 0.3) is 0 Å². The number of amides is 1. The van der Waals surface area contributed by atoms with E-state index >= 15 is 0 Å². The fraction of sp³-hybridized carbons (Fsp3) is 0.647. The average molecular weight is 304 g/mol. The third-order valence-corrected chi connectivity index (χ3v) is 4.52. The Balaban J connectivity index is 1.53. The van der Waals surface area contributed by atoms with E-state index in [2.05, 4.69) is 18.8 Å². The molecule has 0 saturated carbocycles. The molecular weight excluding hydrogens is 280 g/mol. The van der Waals surface area contributed by atoms with E-state index in [0.29, 0.717) is 43.8 Å². The summed E-state index contributed by atoms with van der Waals surface area (Å²) < 4.78 is 11.8. The van der Waals surface area contributed by atoms with E-state index in [1.165, 1.54) is 0 Å². The zero-order valence-electron chi connectivity index (χ0n) is 13.3. The molecule has 0 radical (unpaired) electrons. The second-order valence-electron chi connectivity index (χ2n) is 6.73. The van der Waals surface area contributed by atoms with Gasteiger partial charge in [-0.25, -0.2) is 4.98 Å². The number of ether oxygens (including phenoxy) is 2. The van der Waals surface area contributed by atoms with Crippen molar-refractivity contribution >= 4 is 5.91 Å². The Labute approximate surface area is 131 Å². The van der Waals surface area contributed by atoms with Crippen molar-refractivity contribution in [1.82, 2.24) is 9.88 Å². The summed E-state index contributed by atoms with van der Waals surface area (Å²) in [4.78, 5) is 18.2. The van der Waals surface area contributed by atoms with Crippen LogP contribution in [0.2, 0.25) is 0 Å². The van der Waals surface area contributed by atoms with Gasteiger partial charge in [-0.05, 0) is 18.4 Å². The summed E-state index contributed by atoms with van der Waals surface area (Å²) in [5, 5.41) is 0. The number of carbonyl (C=O) groups excluding carboxylic acids is 1. The smallest absolute Gasteiger partial charge is 0.223 e. The quantitative estimate of drug-likeness (QED) is 0.836. The van der Waals surface area contributed by atoms with Crippen LogP contribution in [0.1, 0.15) is 26.7 Å². The topological polar surface area (TPSA) is 51.7 Å². The first-order chi connectivity index (χ1) is 10.6. The third kappa shape index (κ3) is 3.09. The molecule has 1 aromatic rings. The lowest BCUT2D eigenvalue weighted by Gasteiger charge is -2.50. The molecule has 2 fully saturated rings. The van der Waals surface area contributed by atoms with Crippen molar-refractivity contribution < 1.29 is 14.3 Å². The maximum Gasteiger partial charge on any atom is 0.223 e. The Hall–Kier alpha value is -1.62. The summed E-state index contributed by atoms with van der Waals surface area (Å²) in [6.07, 6.45) is 3.33. The molecule has 0 aliphatic carbocycles. The summed E-state index contributed by atoms with van der Waals surface area (Å²) >= 11 is 0. The molecule has 22 heavy (non-hydrogen) atoms. The van der Waals surface area contributed by atoms with Crippen LogP contribution < -0.4 is 4.74 Å². The number of aromatic nitrogens is 1. The summed E-state index contributed by atoms with van der Waals surface area (Å²) in [7, 11) is 0. The van der Waals surface area contributed by atoms with Crippen molar-refractivity contribution in [3.63, 3.8) is 0 Å². The van der Waals surface area contributed by atoms with Crippen LogP contribution in [0.5, 0.6) is 5.88 Å². The van der Waals surface area contributed by atoms with Gasteiger partial charge in [-0.1, -0.05) is 19.9 Å². The number of likely N-dealkylation sites (tertiary alicyclic amines) is 1. The van der Waals surface area contributed by atoms with Crippen LogP contribution in [0.4, 0.5) is 0 Å². The molecule has 120 valence electrons. The van der Waals surface area contributed by atoms with Gasteiger partial charge in [0.15, 0.2) is 0 Å². The van der Waals surface area contributed by atoms with Gasteiger partial charge >= 0.3 is 0 Å². The second kappa shape index (κ2) is 6.24. The molecule has 1 amide bonds. The highest BCUT2D eigenvalue weighted by Gasteiger charge is 2.54. The van der Waals surface area contributed by atoms with Crippen molar-refractivity contribution in [2.75, 3.05) is 26.3 Å². The van der Waals surface area contributed by atoms with Gasteiger partial charge in [-0.15, -0.1) is 0 Å². The van der Waals surface area contributed by atoms with Crippen LogP contribution in [-0.4, -0.2) is 47.7 Å². The minimum Gasteiger partial charge on any atom is -0.477 e. The fourth-order valence-corrected chi connectivity index (χ4v) is 3.24. The number of rotatable bonds is 5.